The molecule has 0 bridgehead atoms. The highest BCUT2D eigenvalue weighted by Crippen LogP contribution is 2.23. The number of fused-ring (bicyclic) bond motifs is 1. The number of nitrogens with zero attached hydrogens (tertiary/aromatic N) is 5. The van der Waals surface area contributed by atoms with Gasteiger partial charge in [-0.05, 0) is 24.3 Å². The summed E-state index contributed by atoms with van der Waals surface area (Å²) in [6.45, 7) is 2.94. The van der Waals surface area contributed by atoms with Crippen LogP contribution >= 0.6 is 0 Å². The lowest BCUT2D eigenvalue weighted by molar-refractivity contribution is 0.0737. The Labute approximate surface area is 140 Å². The van der Waals surface area contributed by atoms with Crippen LogP contribution in [0.25, 0.3) is 10.9 Å². The normalized spacial score (nSPS) is 15.0. The molecule has 122 valence electrons. The lowest BCUT2D eigenvalue weighted by Gasteiger charge is -2.35. The van der Waals surface area contributed by atoms with E-state index in [0.29, 0.717) is 13.1 Å². The number of anilines is 1. The van der Waals surface area contributed by atoms with E-state index in [9.17, 15) is 4.79 Å². The first-order valence-electron chi connectivity index (χ1n) is 8.09. The van der Waals surface area contributed by atoms with Gasteiger partial charge in [0.15, 0.2) is 0 Å². The van der Waals surface area contributed by atoms with Gasteiger partial charge in [-0.2, -0.15) is 0 Å². The molecule has 0 aliphatic carbocycles. The van der Waals surface area contributed by atoms with Gasteiger partial charge in [0, 0.05) is 44.8 Å². The number of amides is 1. The van der Waals surface area contributed by atoms with Crippen molar-refractivity contribution >= 4 is 22.6 Å². The highest BCUT2D eigenvalue weighted by Gasteiger charge is 2.24. The number of hydrogen-bond acceptors (Lipinski definition) is 4. The molecule has 4 rings (SSSR count). The Kier molecular flexibility index (Phi) is 3.65. The summed E-state index contributed by atoms with van der Waals surface area (Å²) in [5.74, 6) is 1.04. The van der Waals surface area contributed by atoms with Crippen LogP contribution in [-0.4, -0.2) is 51.5 Å². The van der Waals surface area contributed by atoms with Gasteiger partial charge in [0.2, 0.25) is 0 Å². The summed E-state index contributed by atoms with van der Waals surface area (Å²) in [6, 6.07) is 11.8. The smallest absolute Gasteiger partial charge is 0.270 e. The van der Waals surface area contributed by atoms with Crippen LogP contribution in [0.3, 0.4) is 0 Å². The van der Waals surface area contributed by atoms with Crippen LogP contribution in [0.4, 0.5) is 5.82 Å². The zero-order valence-corrected chi connectivity index (χ0v) is 13.6. The Morgan fingerprint density at radius 2 is 1.79 bits per heavy atom. The fraction of sp³-hybridized carbons (Fsp3) is 0.278. The molecule has 2 aromatic heterocycles. The standard InChI is InChI=1S/C18H19N5O/c1-21-8-4-7-16(21)18(24)23-11-9-22(10-12-23)17-14-5-2-3-6-15(14)19-13-20-17/h2-8,13H,9-12H2,1H3. The van der Waals surface area contributed by atoms with Crippen LogP contribution in [0.15, 0.2) is 48.9 Å². The maximum absolute atomic E-state index is 12.6. The molecule has 1 aliphatic rings. The molecule has 0 radical (unpaired) electrons. The highest BCUT2D eigenvalue weighted by atomic mass is 16.2. The first-order chi connectivity index (χ1) is 11.7. The predicted molar refractivity (Wildman–Crippen MR) is 93.1 cm³/mol. The summed E-state index contributed by atoms with van der Waals surface area (Å²) >= 11 is 0. The summed E-state index contributed by atoms with van der Waals surface area (Å²) in [7, 11) is 1.90. The average Bonchev–Trinajstić information content (AvgIpc) is 3.07. The number of para-hydroxylation sites is 1. The van der Waals surface area contributed by atoms with Crippen LogP contribution in [0.5, 0.6) is 0 Å². The van der Waals surface area contributed by atoms with E-state index >= 15 is 0 Å². The Morgan fingerprint density at radius 1 is 1.00 bits per heavy atom. The third kappa shape index (κ3) is 2.50. The molecule has 1 fully saturated rings. The quantitative estimate of drug-likeness (QED) is 0.724. The number of rotatable bonds is 2. The molecule has 3 aromatic rings. The molecule has 6 nitrogen and oxygen atoms in total. The number of benzene rings is 1. The second-order valence-electron chi connectivity index (χ2n) is 6.00. The molecule has 0 saturated carbocycles. The summed E-state index contributed by atoms with van der Waals surface area (Å²) < 4.78 is 1.87. The summed E-state index contributed by atoms with van der Waals surface area (Å²) in [5.41, 5.74) is 1.68. The molecule has 1 aliphatic heterocycles. The van der Waals surface area contributed by atoms with Crippen molar-refractivity contribution in [1.29, 1.82) is 0 Å². The third-order valence-corrected chi connectivity index (χ3v) is 4.55. The summed E-state index contributed by atoms with van der Waals surface area (Å²) in [5, 5.41) is 1.06. The van der Waals surface area contributed by atoms with Crippen molar-refractivity contribution in [2.45, 2.75) is 0 Å². The van der Waals surface area contributed by atoms with E-state index in [0.717, 1.165) is 35.5 Å². The first-order valence-corrected chi connectivity index (χ1v) is 8.09. The van der Waals surface area contributed by atoms with E-state index < -0.39 is 0 Å². The number of carbonyl (C=O) groups excluding carboxylic acids is 1. The van der Waals surface area contributed by atoms with Gasteiger partial charge in [-0.3, -0.25) is 4.79 Å². The van der Waals surface area contributed by atoms with Gasteiger partial charge >= 0.3 is 0 Å². The van der Waals surface area contributed by atoms with E-state index in [1.165, 1.54) is 0 Å². The Balaban J connectivity index is 1.52. The maximum atomic E-state index is 12.6. The predicted octanol–water partition coefficient (Wildman–Crippen LogP) is 1.93. The first kappa shape index (κ1) is 14.7. The lowest BCUT2D eigenvalue weighted by atomic mass is 10.2. The molecule has 6 heteroatoms. The average molecular weight is 321 g/mol. The molecule has 0 N–H and O–H groups in total. The molecular weight excluding hydrogens is 302 g/mol. The molecule has 24 heavy (non-hydrogen) atoms. The SMILES string of the molecule is Cn1cccc1C(=O)N1CCN(c2ncnc3ccccc23)CC1. The second-order valence-corrected chi connectivity index (χ2v) is 6.00. The third-order valence-electron chi connectivity index (χ3n) is 4.55. The molecule has 0 unspecified atom stereocenters. The van der Waals surface area contributed by atoms with Crippen molar-refractivity contribution in [2.24, 2.45) is 7.05 Å². The zero-order valence-electron chi connectivity index (χ0n) is 13.6. The number of carbonyl (C=O) groups is 1. The molecule has 3 heterocycles. The van der Waals surface area contributed by atoms with Gasteiger partial charge < -0.3 is 14.4 Å². The largest absolute Gasteiger partial charge is 0.352 e. The molecule has 1 amide bonds. The van der Waals surface area contributed by atoms with Crippen molar-refractivity contribution < 1.29 is 4.79 Å². The van der Waals surface area contributed by atoms with Crippen molar-refractivity contribution in [3.05, 3.63) is 54.6 Å². The fourth-order valence-corrected chi connectivity index (χ4v) is 3.21. The van der Waals surface area contributed by atoms with Gasteiger partial charge in [-0.25, -0.2) is 9.97 Å². The monoisotopic (exact) mass is 321 g/mol. The lowest BCUT2D eigenvalue weighted by Crippen LogP contribution is -2.49. The minimum atomic E-state index is 0.0923. The van der Waals surface area contributed by atoms with Crippen LogP contribution in [-0.2, 0) is 7.05 Å². The Bertz CT molecular complexity index is 875. The van der Waals surface area contributed by atoms with Crippen LogP contribution in [0, 0.1) is 0 Å². The maximum Gasteiger partial charge on any atom is 0.270 e. The fourth-order valence-electron chi connectivity index (χ4n) is 3.21. The summed E-state index contributed by atoms with van der Waals surface area (Å²) in [4.78, 5) is 25.5. The molecule has 0 atom stereocenters. The number of hydrogen-bond donors (Lipinski definition) is 0. The van der Waals surface area contributed by atoms with E-state index in [4.69, 9.17) is 0 Å². The van der Waals surface area contributed by atoms with Crippen molar-refractivity contribution in [1.82, 2.24) is 19.4 Å². The Morgan fingerprint density at radius 3 is 2.54 bits per heavy atom. The minimum absolute atomic E-state index is 0.0923. The van der Waals surface area contributed by atoms with Gasteiger partial charge in [0.1, 0.15) is 17.8 Å². The van der Waals surface area contributed by atoms with Gasteiger partial charge in [0.25, 0.3) is 5.91 Å². The Hall–Kier alpha value is -2.89. The molecule has 0 spiro atoms. The molecule has 1 saturated heterocycles. The zero-order chi connectivity index (χ0) is 16.5. The molecule has 1 aromatic carbocycles. The number of aryl methyl sites for hydroxylation is 1. The van der Waals surface area contributed by atoms with E-state index in [1.807, 2.05) is 59.1 Å². The van der Waals surface area contributed by atoms with Crippen molar-refractivity contribution in [3.63, 3.8) is 0 Å². The molecular formula is C18H19N5O. The van der Waals surface area contributed by atoms with Crippen LogP contribution in [0.2, 0.25) is 0 Å². The summed E-state index contributed by atoms with van der Waals surface area (Å²) in [6.07, 6.45) is 3.51. The minimum Gasteiger partial charge on any atom is -0.352 e. The van der Waals surface area contributed by atoms with Crippen molar-refractivity contribution in [2.75, 3.05) is 31.1 Å². The highest BCUT2D eigenvalue weighted by molar-refractivity contribution is 5.93. The van der Waals surface area contributed by atoms with Crippen molar-refractivity contribution in [3.8, 4) is 0 Å². The van der Waals surface area contributed by atoms with Crippen LogP contribution < -0.4 is 4.90 Å². The van der Waals surface area contributed by atoms with Gasteiger partial charge in [-0.1, -0.05) is 12.1 Å². The van der Waals surface area contributed by atoms with Crippen LogP contribution in [0.1, 0.15) is 10.5 Å². The van der Waals surface area contributed by atoms with Gasteiger partial charge in [-0.15, -0.1) is 0 Å². The number of piperazine rings is 1. The van der Waals surface area contributed by atoms with E-state index in [-0.39, 0.29) is 5.91 Å². The van der Waals surface area contributed by atoms with E-state index in [2.05, 4.69) is 14.9 Å². The number of aromatic nitrogens is 3. The second kappa shape index (κ2) is 5.96. The van der Waals surface area contributed by atoms with Gasteiger partial charge in [0.05, 0.1) is 5.52 Å². The topological polar surface area (TPSA) is 54.3 Å². The van der Waals surface area contributed by atoms with E-state index in [1.54, 1.807) is 6.33 Å².